The number of hydrogen-bond donors (Lipinski definition) is 2. The molecular weight excluding hydrogens is 609 g/mol. The molecule has 1 aromatic heterocycles. The highest BCUT2D eigenvalue weighted by atomic mass is 32.2. The van der Waals surface area contributed by atoms with Crippen LogP contribution in [0.2, 0.25) is 0 Å². The minimum absolute atomic E-state index is 0.0854. The molecule has 0 amide bonds. The van der Waals surface area contributed by atoms with Crippen LogP contribution in [0.4, 0.5) is 24.5 Å². The number of fused-ring (bicyclic) bond motifs is 1. The Kier molecular flexibility index (Phi) is 10.9. The number of aromatic nitrogens is 1. The number of carbonyl (C=O) groups excluding carboxylic acids is 1. The number of piperidine rings is 1. The lowest BCUT2D eigenvalue weighted by Crippen LogP contribution is -2.42. The predicted molar refractivity (Wildman–Crippen MR) is 168 cm³/mol. The van der Waals surface area contributed by atoms with Gasteiger partial charge in [-0.25, -0.2) is 8.42 Å². The summed E-state index contributed by atoms with van der Waals surface area (Å²) in [6, 6.07) is 11.5. The van der Waals surface area contributed by atoms with E-state index in [4.69, 9.17) is 9.47 Å². The molecule has 2 aromatic carbocycles. The van der Waals surface area contributed by atoms with Gasteiger partial charge in [0.2, 0.25) is 0 Å². The van der Waals surface area contributed by atoms with Crippen molar-refractivity contribution in [3.05, 3.63) is 48.2 Å². The lowest BCUT2D eigenvalue weighted by atomic mass is 10.0. The van der Waals surface area contributed by atoms with E-state index in [9.17, 15) is 26.4 Å². The van der Waals surface area contributed by atoms with E-state index in [0.29, 0.717) is 35.3 Å². The van der Waals surface area contributed by atoms with Gasteiger partial charge in [-0.3, -0.25) is 9.69 Å². The molecule has 0 unspecified atom stereocenters. The highest BCUT2D eigenvalue weighted by Gasteiger charge is 2.30. The molecule has 0 radical (unpaired) electrons. The summed E-state index contributed by atoms with van der Waals surface area (Å²) >= 11 is 0. The number of ether oxygens (including phenoxy) is 2. The Bertz CT molecular complexity index is 1670. The van der Waals surface area contributed by atoms with E-state index in [1.165, 1.54) is 23.8 Å². The second-order valence-corrected chi connectivity index (χ2v) is 13.1. The summed E-state index contributed by atoms with van der Waals surface area (Å²) in [4.78, 5) is 13.9. The van der Waals surface area contributed by atoms with Gasteiger partial charge in [0.05, 0.1) is 35.4 Å². The molecular formula is C32H39F3N4O5S. The molecule has 0 aliphatic carbocycles. The van der Waals surface area contributed by atoms with Crippen molar-refractivity contribution in [1.29, 1.82) is 0 Å². The second kappa shape index (κ2) is 14.5. The van der Waals surface area contributed by atoms with Gasteiger partial charge >= 0.3 is 12.1 Å². The van der Waals surface area contributed by atoms with Crippen LogP contribution >= 0.6 is 0 Å². The normalized spacial score (nSPS) is 15.3. The van der Waals surface area contributed by atoms with Crippen LogP contribution in [-0.2, 0) is 25.9 Å². The molecule has 1 fully saturated rings. The Morgan fingerprint density at radius 2 is 1.87 bits per heavy atom. The van der Waals surface area contributed by atoms with E-state index >= 15 is 0 Å². The number of alkyl halides is 3. The van der Waals surface area contributed by atoms with Crippen molar-refractivity contribution >= 4 is 38.1 Å². The summed E-state index contributed by atoms with van der Waals surface area (Å²) in [6.45, 7) is 4.82. The molecule has 3 aromatic rings. The third-order valence-electron chi connectivity index (χ3n) is 7.55. The quantitative estimate of drug-likeness (QED) is 0.214. The van der Waals surface area contributed by atoms with Gasteiger partial charge < -0.3 is 24.7 Å². The zero-order valence-electron chi connectivity index (χ0n) is 25.8. The summed E-state index contributed by atoms with van der Waals surface area (Å²) in [5, 5.41) is 7.23. The molecule has 2 heterocycles. The number of nitrogens with one attached hydrogen (secondary N) is 2. The zero-order valence-corrected chi connectivity index (χ0v) is 26.6. The first-order chi connectivity index (χ1) is 21.3. The van der Waals surface area contributed by atoms with Crippen molar-refractivity contribution < 1.29 is 35.9 Å². The molecule has 2 N–H and O–H groups in total. The monoisotopic (exact) mass is 648 g/mol. The van der Waals surface area contributed by atoms with Gasteiger partial charge in [-0.15, -0.1) is 0 Å². The lowest BCUT2D eigenvalue weighted by molar-refractivity contribution is -0.148. The van der Waals surface area contributed by atoms with Crippen LogP contribution in [0.25, 0.3) is 10.9 Å². The third-order valence-corrected chi connectivity index (χ3v) is 8.66. The number of anilines is 2. The van der Waals surface area contributed by atoms with Gasteiger partial charge in [0, 0.05) is 55.5 Å². The van der Waals surface area contributed by atoms with Crippen molar-refractivity contribution in [1.82, 2.24) is 9.47 Å². The van der Waals surface area contributed by atoms with Crippen LogP contribution < -0.4 is 15.4 Å². The van der Waals surface area contributed by atoms with E-state index in [1.54, 1.807) is 31.2 Å². The van der Waals surface area contributed by atoms with Crippen molar-refractivity contribution in [2.75, 3.05) is 50.2 Å². The lowest BCUT2D eigenvalue weighted by Gasteiger charge is -2.34. The maximum absolute atomic E-state index is 13.6. The summed E-state index contributed by atoms with van der Waals surface area (Å²) in [7, 11) is -2.01. The number of carbonyl (C=O) groups is 1. The molecule has 1 saturated heterocycles. The van der Waals surface area contributed by atoms with E-state index < -0.39 is 22.6 Å². The Morgan fingerprint density at radius 3 is 2.51 bits per heavy atom. The number of likely N-dealkylation sites (tertiary alicyclic amines) is 1. The second-order valence-electron chi connectivity index (χ2n) is 11.1. The third kappa shape index (κ3) is 9.31. The maximum atomic E-state index is 13.6. The Labute approximate surface area is 262 Å². The molecule has 0 spiro atoms. The van der Waals surface area contributed by atoms with Crippen LogP contribution in [0.5, 0.6) is 5.75 Å². The van der Waals surface area contributed by atoms with E-state index in [0.717, 1.165) is 37.9 Å². The average molecular weight is 649 g/mol. The minimum Gasteiger partial charge on any atom is -0.495 e. The molecule has 244 valence electrons. The van der Waals surface area contributed by atoms with Crippen molar-refractivity contribution in [3.8, 4) is 17.6 Å². The van der Waals surface area contributed by atoms with E-state index in [-0.39, 0.29) is 35.2 Å². The molecule has 1 atom stereocenters. The van der Waals surface area contributed by atoms with Gasteiger partial charge in [0.15, 0.2) is 9.84 Å². The molecule has 1 aliphatic heterocycles. The largest absolute Gasteiger partial charge is 0.495 e. The number of hydrogen-bond acceptors (Lipinski definition) is 8. The fourth-order valence-corrected chi connectivity index (χ4v) is 6.01. The zero-order chi connectivity index (χ0) is 32.8. The topological polar surface area (TPSA) is 102 Å². The maximum Gasteiger partial charge on any atom is 0.406 e. The first-order valence-electron chi connectivity index (χ1n) is 14.8. The predicted octanol–water partition coefficient (Wildman–Crippen LogP) is 5.30. The number of sulfone groups is 1. The number of esters is 1. The van der Waals surface area contributed by atoms with Gasteiger partial charge in [-0.1, -0.05) is 18.9 Å². The molecule has 1 aliphatic rings. The summed E-state index contributed by atoms with van der Waals surface area (Å²) in [6.07, 6.45) is -1.53. The number of methoxy groups -OCH3 is 1. The fraction of sp³-hybridized carbons (Fsp3) is 0.469. The highest BCUT2D eigenvalue weighted by Crippen LogP contribution is 2.32. The van der Waals surface area contributed by atoms with Crippen LogP contribution in [0.1, 0.15) is 38.8 Å². The van der Waals surface area contributed by atoms with Gasteiger partial charge in [-0.05, 0) is 56.0 Å². The molecule has 4 rings (SSSR count). The summed E-state index contributed by atoms with van der Waals surface area (Å²) in [5.41, 5.74) is 1.90. The standard InChI is InChI=1S/C32H39F3N4O5S/c1-5-31(40)44-22(2)20-38-16-13-23(14-17-38)37-27-9-6-10-29-26(27)18-24(39(29)21-32(33,34)35)8-7-15-36-28-12-11-25(45(4,41)42)19-30(28)43-3/h6,9-12,18-19,22-23,36-37H,5,13-17,20-21H2,1-4H3/t22-/m1/s1. The van der Waals surface area contributed by atoms with E-state index in [2.05, 4.69) is 27.4 Å². The highest BCUT2D eigenvalue weighted by molar-refractivity contribution is 7.90. The summed E-state index contributed by atoms with van der Waals surface area (Å²) < 4.78 is 76.5. The number of halogens is 3. The Balaban J connectivity index is 1.49. The number of benzene rings is 2. The smallest absolute Gasteiger partial charge is 0.406 e. The molecule has 13 heteroatoms. The Hall–Kier alpha value is -3.89. The summed E-state index contributed by atoms with van der Waals surface area (Å²) in [5.74, 6) is 5.87. The first kappa shape index (κ1) is 34.0. The van der Waals surface area contributed by atoms with Crippen LogP contribution in [0, 0.1) is 11.8 Å². The number of nitrogens with zero attached hydrogens (tertiary/aromatic N) is 2. The SMILES string of the molecule is CCC(=O)O[C@H](C)CN1CCC(Nc2cccc3c2cc(C#CCNc2ccc(S(C)(=O)=O)cc2OC)n3CC(F)(F)F)CC1. The van der Waals surface area contributed by atoms with Gasteiger partial charge in [-0.2, -0.15) is 13.2 Å². The van der Waals surface area contributed by atoms with E-state index in [1.807, 2.05) is 13.0 Å². The minimum atomic E-state index is -4.45. The average Bonchev–Trinajstić information content (AvgIpc) is 3.32. The molecule has 45 heavy (non-hydrogen) atoms. The van der Waals surface area contributed by atoms with Gasteiger partial charge in [0.25, 0.3) is 0 Å². The number of rotatable bonds is 11. The van der Waals surface area contributed by atoms with Crippen molar-refractivity contribution in [2.24, 2.45) is 0 Å². The van der Waals surface area contributed by atoms with Crippen LogP contribution in [-0.4, -0.2) is 81.7 Å². The van der Waals surface area contributed by atoms with Crippen LogP contribution in [0.3, 0.4) is 0 Å². The molecule has 9 nitrogen and oxygen atoms in total. The molecule has 0 bridgehead atoms. The molecule has 0 saturated carbocycles. The Morgan fingerprint density at radius 1 is 1.13 bits per heavy atom. The van der Waals surface area contributed by atoms with Gasteiger partial charge in [0.1, 0.15) is 18.4 Å². The first-order valence-corrected chi connectivity index (χ1v) is 16.6. The van der Waals surface area contributed by atoms with Crippen LogP contribution in [0.15, 0.2) is 47.4 Å². The fourth-order valence-electron chi connectivity index (χ4n) is 5.37. The van der Waals surface area contributed by atoms with Crippen molar-refractivity contribution in [3.63, 3.8) is 0 Å². The van der Waals surface area contributed by atoms with Crippen molar-refractivity contribution in [2.45, 2.75) is 62.9 Å².